The SMILES string of the molecule is COc1cc2c(cc1-c1cc(-c3ccccc3)nc(N)n1)CCC(C)(C)O2. The van der Waals surface area contributed by atoms with Crippen LogP contribution in [0.5, 0.6) is 11.5 Å². The highest BCUT2D eigenvalue weighted by molar-refractivity contribution is 5.75. The Balaban J connectivity index is 1.83. The highest BCUT2D eigenvalue weighted by Crippen LogP contribution is 2.41. The van der Waals surface area contributed by atoms with E-state index in [1.807, 2.05) is 42.5 Å². The second-order valence-electron chi connectivity index (χ2n) is 7.38. The number of methoxy groups -OCH3 is 1. The summed E-state index contributed by atoms with van der Waals surface area (Å²) < 4.78 is 11.8. The van der Waals surface area contributed by atoms with Gasteiger partial charge in [-0.05, 0) is 44.4 Å². The molecule has 0 amide bonds. The maximum Gasteiger partial charge on any atom is 0.221 e. The quantitative estimate of drug-likeness (QED) is 0.743. The van der Waals surface area contributed by atoms with E-state index in [9.17, 15) is 0 Å². The average Bonchev–Trinajstić information content (AvgIpc) is 2.66. The summed E-state index contributed by atoms with van der Waals surface area (Å²) in [6.07, 6.45) is 1.92. The lowest BCUT2D eigenvalue weighted by molar-refractivity contribution is 0.0844. The van der Waals surface area contributed by atoms with Crippen LogP contribution in [0.25, 0.3) is 22.5 Å². The van der Waals surface area contributed by atoms with Crippen molar-refractivity contribution < 1.29 is 9.47 Å². The first-order valence-electron chi connectivity index (χ1n) is 9.05. The zero-order chi connectivity index (χ0) is 19.0. The van der Waals surface area contributed by atoms with Crippen molar-refractivity contribution in [3.63, 3.8) is 0 Å². The van der Waals surface area contributed by atoms with E-state index in [4.69, 9.17) is 15.2 Å². The molecule has 0 aliphatic carbocycles. The number of nitrogens with two attached hydrogens (primary N) is 1. The van der Waals surface area contributed by atoms with Gasteiger partial charge in [0.05, 0.1) is 18.5 Å². The van der Waals surface area contributed by atoms with Gasteiger partial charge in [0.2, 0.25) is 5.95 Å². The molecule has 0 radical (unpaired) electrons. The Morgan fingerprint density at radius 3 is 2.52 bits per heavy atom. The number of aromatic nitrogens is 2. The molecule has 4 rings (SSSR count). The average molecular weight is 361 g/mol. The number of hydrogen-bond acceptors (Lipinski definition) is 5. The second-order valence-corrected chi connectivity index (χ2v) is 7.38. The molecule has 1 aliphatic rings. The molecule has 0 spiro atoms. The molecule has 2 heterocycles. The monoisotopic (exact) mass is 361 g/mol. The van der Waals surface area contributed by atoms with Gasteiger partial charge in [-0.15, -0.1) is 0 Å². The zero-order valence-electron chi connectivity index (χ0n) is 15.8. The largest absolute Gasteiger partial charge is 0.496 e. The van der Waals surface area contributed by atoms with Crippen LogP contribution < -0.4 is 15.2 Å². The smallest absolute Gasteiger partial charge is 0.221 e. The summed E-state index contributed by atoms with van der Waals surface area (Å²) in [5.41, 5.74) is 10.4. The van der Waals surface area contributed by atoms with E-state index in [1.165, 1.54) is 0 Å². The van der Waals surface area contributed by atoms with Gasteiger partial charge in [-0.2, -0.15) is 0 Å². The third-order valence-electron chi connectivity index (χ3n) is 4.85. The number of ether oxygens (including phenoxy) is 2. The highest BCUT2D eigenvalue weighted by Gasteiger charge is 2.28. The first kappa shape index (κ1) is 17.3. The number of rotatable bonds is 3. The third kappa shape index (κ3) is 3.45. The summed E-state index contributed by atoms with van der Waals surface area (Å²) in [5.74, 6) is 1.82. The van der Waals surface area contributed by atoms with E-state index in [-0.39, 0.29) is 11.5 Å². The molecule has 3 aromatic rings. The number of benzene rings is 2. The van der Waals surface area contributed by atoms with E-state index >= 15 is 0 Å². The molecule has 2 N–H and O–H groups in total. The molecular weight excluding hydrogens is 338 g/mol. The fourth-order valence-corrected chi connectivity index (χ4v) is 3.41. The van der Waals surface area contributed by atoms with Crippen molar-refractivity contribution in [2.75, 3.05) is 12.8 Å². The van der Waals surface area contributed by atoms with Crippen LogP contribution in [0.4, 0.5) is 5.95 Å². The Morgan fingerprint density at radius 2 is 1.78 bits per heavy atom. The molecule has 5 nitrogen and oxygen atoms in total. The van der Waals surface area contributed by atoms with Gasteiger partial charge >= 0.3 is 0 Å². The molecule has 0 saturated heterocycles. The fraction of sp³-hybridized carbons (Fsp3) is 0.273. The number of hydrogen-bond donors (Lipinski definition) is 1. The van der Waals surface area contributed by atoms with Crippen molar-refractivity contribution in [2.24, 2.45) is 0 Å². The Labute approximate surface area is 159 Å². The predicted molar refractivity (Wildman–Crippen MR) is 107 cm³/mol. The van der Waals surface area contributed by atoms with E-state index in [2.05, 4.69) is 29.9 Å². The van der Waals surface area contributed by atoms with Gasteiger partial charge in [-0.25, -0.2) is 9.97 Å². The molecule has 0 atom stereocenters. The Kier molecular flexibility index (Phi) is 4.22. The lowest BCUT2D eigenvalue weighted by atomic mass is 9.92. The number of nitrogens with zero attached hydrogens (tertiary/aromatic N) is 2. The van der Waals surface area contributed by atoms with Gasteiger partial charge in [-0.1, -0.05) is 30.3 Å². The Morgan fingerprint density at radius 1 is 1.04 bits per heavy atom. The summed E-state index contributed by atoms with van der Waals surface area (Å²) in [6.45, 7) is 4.21. The summed E-state index contributed by atoms with van der Waals surface area (Å²) in [4.78, 5) is 8.85. The minimum absolute atomic E-state index is 0.167. The lowest BCUT2D eigenvalue weighted by Crippen LogP contribution is -2.32. The highest BCUT2D eigenvalue weighted by atomic mass is 16.5. The normalized spacial score (nSPS) is 14.9. The van der Waals surface area contributed by atoms with Gasteiger partial charge in [0, 0.05) is 17.2 Å². The van der Waals surface area contributed by atoms with Crippen molar-refractivity contribution in [2.45, 2.75) is 32.3 Å². The number of fused-ring (bicyclic) bond motifs is 1. The third-order valence-corrected chi connectivity index (χ3v) is 4.85. The van der Waals surface area contributed by atoms with E-state index in [0.717, 1.165) is 46.7 Å². The number of aryl methyl sites for hydroxylation is 1. The topological polar surface area (TPSA) is 70.3 Å². The summed E-state index contributed by atoms with van der Waals surface area (Å²) in [5, 5.41) is 0. The summed E-state index contributed by atoms with van der Waals surface area (Å²) >= 11 is 0. The number of anilines is 1. The first-order valence-corrected chi connectivity index (χ1v) is 9.05. The summed E-state index contributed by atoms with van der Waals surface area (Å²) in [6, 6.07) is 15.9. The summed E-state index contributed by atoms with van der Waals surface area (Å²) in [7, 11) is 1.65. The van der Waals surface area contributed by atoms with Crippen LogP contribution in [0, 0.1) is 0 Å². The second kappa shape index (κ2) is 6.58. The molecule has 27 heavy (non-hydrogen) atoms. The molecule has 0 fully saturated rings. The first-order chi connectivity index (χ1) is 12.9. The van der Waals surface area contributed by atoms with Gasteiger partial charge in [0.1, 0.15) is 17.1 Å². The Bertz CT molecular complexity index is 984. The fourth-order valence-electron chi connectivity index (χ4n) is 3.41. The van der Waals surface area contributed by atoms with Crippen molar-refractivity contribution in [1.29, 1.82) is 0 Å². The molecule has 0 bridgehead atoms. The molecule has 1 aromatic heterocycles. The molecule has 2 aromatic carbocycles. The van der Waals surface area contributed by atoms with Crippen LogP contribution in [0.15, 0.2) is 48.5 Å². The molecule has 1 aliphatic heterocycles. The van der Waals surface area contributed by atoms with Crippen LogP contribution in [0.3, 0.4) is 0 Å². The van der Waals surface area contributed by atoms with Crippen molar-refractivity contribution >= 4 is 5.95 Å². The maximum atomic E-state index is 6.13. The van der Waals surface area contributed by atoms with E-state index < -0.39 is 0 Å². The minimum Gasteiger partial charge on any atom is -0.496 e. The van der Waals surface area contributed by atoms with Crippen LogP contribution in [-0.4, -0.2) is 22.7 Å². The Hall–Kier alpha value is -3.08. The van der Waals surface area contributed by atoms with Crippen LogP contribution >= 0.6 is 0 Å². The van der Waals surface area contributed by atoms with Crippen molar-refractivity contribution in [3.8, 4) is 34.0 Å². The van der Waals surface area contributed by atoms with Crippen LogP contribution in [0.1, 0.15) is 25.8 Å². The molecule has 0 saturated carbocycles. The molecule has 0 unspecified atom stereocenters. The molecule has 5 heteroatoms. The van der Waals surface area contributed by atoms with E-state index in [1.54, 1.807) is 7.11 Å². The molecule has 138 valence electrons. The van der Waals surface area contributed by atoms with Crippen LogP contribution in [0.2, 0.25) is 0 Å². The van der Waals surface area contributed by atoms with Gasteiger partial charge in [-0.3, -0.25) is 0 Å². The predicted octanol–water partition coefficient (Wildman–Crippen LogP) is 4.51. The zero-order valence-corrected chi connectivity index (χ0v) is 15.8. The van der Waals surface area contributed by atoms with Gasteiger partial charge in [0.15, 0.2) is 0 Å². The number of nitrogen functional groups attached to an aromatic ring is 1. The van der Waals surface area contributed by atoms with Crippen molar-refractivity contribution in [3.05, 3.63) is 54.1 Å². The standard InChI is InChI=1S/C22H23N3O2/c1-22(2)10-9-15-11-16(20(26-3)13-19(15)27-22)18-12-17(24-21(23)25-18)14-7-5-4-6-8-14/h4-8,11-13H,9-10H2,1-3H3,(H2,23,24,25). The van der Waals surface area contributed by atoms with Gasteiger partial charge in [0.25, 0.3) is 0 Å². The maximum absolute atomic E-state index is 6.13. The van der Waals surface area contributed by atoms with Crippen LogP contribution in [-0.2, 0) is 6.42 Å². The molecular formula is C22H23N3O2. The minimum atomic E-state index is -0.167. The van der Waals surface area contributed by atoms with Crippen molar-refractivity contribution in [1.82, 2.24) is 9.97 Å². The lowest BCUT2D eigenvalue weighted by Gasteiger charge is -2.33. The van der Waals surface area contributed by atoms with E-state index in [0.29, 0.717) is 5.75 Å². The van der Waals surface area contributed by atoms with Gasteiger partial charge < -0.3 is 15.2 Å².